The molecule has 33 heavy (non-hydrogen) atoms. The molecule has 0 aliphatic rings. The van der Waals surface area contributed by atoms with Crippen LogP contribution in [0.1, 0.15) is 0 Å². The number of hydrogen-bond donors (Lipinski definition) is 2. The van der Waals surface area contributed by atoms with Crippen molar-refractivity contribution in [1.29, 1.82) is 0 Å². The van der Waals surface area contributed by atoms with Gasteiger partial charge >= 0.3 is 0 Å². The van der Waals surface area contributed by atoms with Gasteiger partial charge in [-0.05, 0) is 47.5 Å². The van der Waals surface area contributed by atoms with Crippen LogP contribution in [0.4, 0.5) is 14.5 Å². The summed E-state index contributed by atoms with van der Waals surface area (Å²) in [6, 6.07) is 8.50. The normalized spacial score (nSPS) is 11.6. The van der Waals surface area contributed by atoms with Crippen molar-refractivity contribution in [2.24, 2.45) is 0 Å². The summed E-state index contributed by atoms with van der Waals surface area (Å²) in [6.07, 6.45) is 1.69. The van der Waals surface area contributed by atoms with Gasteiger partial charge in [0.25, 0.3) is 10.0 Å². The fraction of sp³-hybridized carbons (Fsp3) is 0.143. The lowest BCUT2D eigenvalue weighted by molar-refractivity contribution is 0.144. The number of aromatic nitrogens is 3. The van der Waals surface area contributed by atoms with E-state index in [-0.39, 0.29) is 23.5 Å². The standard InChI is InChI=1S/C21H17ClF2N4O4S/c1-31-8-9-32-20-18-15(11-25-19(18)26-21(22)27-20)12-2-5-14(6-3-12)28-33(29,30)17-10-13(23)4-7-16(17)24/h2-7,10-11,28H,8-9H2,1H3,(H,25,26,27). The van der Waals surface area contributed by atoms with Crippen molar-refractivity contribution in [1.82, 2.24) is 15.0 Å². The van der Waals surface area contributed by atoms with E-state index in [4.69, 9.17) is 21.1 Å². The lowest BCUT2D eigenvalue weighted by Gasteiger charge is -2.10. The highest BCUT2D eigenvalue weighted by atomic mass is 35.5. The van der Waals surface area contributed by atoms with Gasteiger partial charge in [0.15, 0.2) is 0 Å². The predicted octanol–water partition coefficient (Wildman–Crippen LogP) is 4.38. The molecular weight excluding hydrogens is 478 g/mol. The number of benzene rings is 2. The predicted molar refractivity (Wildman–Crippen MR) is 119 cm³/mol. The van der Waals surface area contributed by atoms with E-state index >= 15 is 0 Å². The number of ether oxygens (including phenoxy) is 2. The van der Waals surface area contributed by atoms with Crippen molar-refractivity contribution in [2.75, 3.05) is 25.0 Å². The number of rotatable bonds is 8. The Morgan fingerprint density at radius 1 is 1.09 bits per heavy atom. The number of anilines is 1. The van der Waals surface area contributed by atoms with Gasteiger partial charge in [0, 0.05) is 24.6 Å². The first-order chi connectivity index (χ1) is 15.8. The Bertz CT molecular complexity index is 1410. The molecule has 4 aromatic rings. The summed E-state index contributed by atoms with van der Waals surface area (Å²) in [5.41, 5.74) is 2.02. The van der Waals surface area contributed by atoms with Crippen LogP contribution >= 0.6 is 11.6 Å². The minimum absolute atomic E-state index is 0.0117. The summed E-state index contributed by atoms with van der Waals surface area (Å²) in [4.78, 5) is 10.5. The van der Waals surface area contributed by atoms with Crippen molar-refractivity contribution in [3.63, 3.8) is 0 Å². The molecular formula is C21H17ClF2N4O4S. The van der Waals surface area contributed by atoms with Gasteiger partial charge in [-0.3, -0.25) is 4.72 Å². The average molecular weight is 495 g/mol. The Balaban J connectivity index is 1.64. The molecule has 0 saturated heterocycles. The summed E-state index contributed by atoms with van der Waals surface area (Å²) in [6.45, 7) is 0.602. The molecule has 0 aliphatic carbocycles. The highest BCUT2D eigenvalue weighted by Gasteiger charge is 2.21. The molecule has 0 bridgehead atoms. The van der Waals surface area contributed by atoms with Crippen LogP contribution in [-0.4, -0.2) is 43.7 Å². The molecule has 0 aliphatic heterocycles. The zero-order chi connectivity index (χ0) is 23.6. The van der Waals surface area contributed by atoms with E-state index < -0.39 is 26.6 Å². The smallest absolute Gasteiger partial charge is 0.264 e. The molecule has 172 valence electrons. The number of aromatic amines is 1. The van der Waals surface area contributed by atoms with Gasteiger partial charge in [0.1, 0.15) is 28.8 Å². The maximum absolute atomic E-state index is 13.9. The van der Waals surface area contributed by atoms with E-state index in [0.717, 1.165) is 12.1 Å². The minimum atomic E-state index is -4.33. The van der Waals surface area contributed by atoms with E-state index in [1.54, 1.807) is 25.4 Å². The number of sulfonamides is 1. The van der Waals surface area contributed by atoms with Gasteiger partial charge in [-0.25, -0.2) is 17.2 Å². The average Bonchev–Trinajstić information content (AvgIpc) is 3.19. The minimum Gasteiger partial charge on any atom is -0.475 e. The molecule has 2 aromatic carbocycles. The molecule has 0 atom stereocenters. The number of fused-ring (bicyclic) bond motifs is 1. The molecule has 0 saturated carbocycles. The first kappa shape index (κ1) is 22.9. The summed E-state index contributed by atoms with van der Waals surface area (Å²) >= 11 is 5.98. The lowest BCUT2D eigenvalue weighted by atomic mass is 10.1. The number of hydrogen-bond acceptors (Lipinski definition) is 6. The van der Waals surface area contributed by atoms with Crippen molar-refractivity contribution in [2.45, 2.75) is 4.90 Å². The maximum atomic E-state index is 13.9. The first-order valence-corrected chi connectivity index (χ1v) is 11.4. The van der Waals surface area contributed by atoms with E-state index in [1.807, 2.05) is 0 Å². The first-order valence-electron chi connectivity index (χ1n) is 9.53. The molecule has 2 N–H and O–H groups in total. The van der Waals surface area contributed by atoms with Crippen LogP contribution in [0, 0.1) is 11.6 Å². The second kappa shape index (κ2) is 9.30. The molecule has 0 spiro atoms. The topological polar surface area (TPSA) is 106 Å². The zero-order valence-electron chi connectivity index (χ0n) is 17.1. The van der Waals surface area contributed by atoms with Crippen LogP contribution in [-0.2, 0) is 14.8 Å². The molecule has 0 fully saturated rings. The van der Waals surface area contributed by atoms with Crippen LogP contribution in [0.5, 0.6) is 5.88 Å². The van der Waals surface area contributed by atoms with Crippen molar-refractivity contribution >= 4 is 38.3 Å². The lowest BCUT2D eigenvalue weighted by Crippen LogP contribution is -2.14. The van der Waals surface area contributed by atoms with Crippen molar-refractivity contribution in [3.05, 3.63) is 65.6 Å². The number of methoxy groups -OCH3 is 1. The molecule has 4 rings (SSSR count). The number of halogens is 3. The number of nitrogens with one attached hydrogen (secondary N) is 2. The van der Waals surface area contributed by atoms with E-state index in [0.29, 0.717) is 34.8 Å². The summed E-state index contributed by atoms with van der Waals surface area (Å²) in [7, 11) is -2.78. The fourth-order valence-electron chi connectivity index (χ4n) is 3.14. The molecule has 0 amide bonds. The van der Waals surface area contributed by atoms with Crippen LogP contribution in [0.3, 0.4) is 0 Å². The highest BCUT2D eigenvalue weighted by molar-refractivity contribution is 7.92. The van der Waals surface area contributed by atoms with Gasteiger partial charge in [-0.2, -0.15) is 9.97 Å². The maximum Gasteiger partial charge on any atom is 0.264 e. The molecule has 0 unspecified atom stereocenters. The number of nitrogens with zero attached hydrogens (tertiary/aromatic N) is 2. The molecule has 8 nitrogen and oxygen atoms in total. The third-order valence-corrected chi connectivity index (χ3v) is 6.19. The van der Waals surface area contributed by atoms with Gasteiger partial charge < -0.3 is 14.5 Å². The highest BCUT2D eigenvalue weighted by Crippen LogP contribution is 2.35. The van der Waals surface area contributed by atoms with Crippen LogP contribution in [0.15, 0.2) is 53.6 Å². The largest absolute Gasteiger partial charge is 0.475 e. The number of H-pyrrole nitrogens is 1. The Morgan fingerprint density at radius 3 is 2.58 bits per heavy atom. The summed E-state index contributed by atoms with van der Waals surface area (Å²) < 4.78 is 65.2. The van der Waals surface area contributed by atoms with Crippen molar-refractivity contribution < 1.29 is 26.7 Å². The Hall–Kier alpha value is -3.28. The van der Waals surface area contributed by atoms with Crippen LogP contribution in [0.25, 0.3) is 22.2 Å². The molecule has 12 heteroatoms. The molecule has 0 radical (unpaired) electrons. The Morgan fingerprint density at radius 2 is 1.85 bits per heavy atom. The second-order valence-electron chi connectivity index (χ2n) is 6.82. The zero-order valence-corrected chi connectivity index (χ0v) is 18.7. The van der Waals surface area contributed by atoms with Gasteiger partial charge in [-0.15, -0.1) is 0 Å². The quantitative estimate of drug-likeness (QED) is 0.278. The second-order valence-corrected chi connectivity index (χ2v) is 8.81. The van der Waals surface area contributed by atoms with Crippen molar-refractivity contribution in [3.8, 4) is 17.0 Å². The van der Waals surface area contributed by atoms with E-state index in [1.165, 1.54) is 12.1 Å². The third-order valence-electron chi connectivity index (χ3n) is 4.63. The Labute approximate surface area is 192 Å². The third kappa shape index (κ3) is 4.90. The van der Waals surface area contributed by atoms with E-state index in [2.05, 4.69) is 19.7 Å². The van der Waals surface area contributed by atoms with Gasteiger partial charge in [0.05, 0.1) is 12.0 Å². The van der Waals surface area contributed by atoms with E-state index in [9.17, 15) is 17.2 Å². The summed E-state index contributed by atoms with van der Waals surface area (Å²) in [5, 5.41) is 0.600. The Kier molecular flexibility index (Phi) is 6.45. The molecule has 2 aromatic heterocycles. The summed E-state index contributed by atoms with van der Waals surface area (Å²) in [5.74, 6) is -1.65. The monoisotopic (exact) mass is 494 g/mol. The van der Waals surface area contributed by atoms with Crippen LogP contribution in [0.2, 0.25) is 5.28 Å². The van der Waals surface area contributed by atoms with Gasteiger partial charge in [-0.1, -0.05) is 12.1 Å². The fourth-order valence-corrected chi connectivity index (χ4v) is 4.45. The van der Waals surface area contributed by atoms with Gasteiger partial charge in [0.2, 0.25) is 11.2 Å². The SMILES string of the molecule is COCCOc1nc(Cl)nc2[nH]cc(-c3ccc(NS(=O)(=O)c4cc(F)ccc4F)cc3)c12. The molecule has 2 heterocycles. The van der Waals surface area contributed by atoms with Crippen LogP contribution < -0.4 is 9.46 Å².